The molecule has 204 valence electrons. The molecule has 0 spiro atoms. The van der Waals surface area contributed by atoms with Crippen LogP contribution in [0.4, 0.5) is 0 Å². The first kappa shape index (κ1) is 24.8. The summed E-state index contributed by atoms with van der Waals surface area (Å²) in [6.07, 6.45) is 4.84. The zero-order chi connectivity index (χ0) is 28.2. The number of nitrogens with one attached hydrogen (secondary N) is 1. The van der Waals surface area contributed by atoms with Crippen molar-refractivity contribution >= 4 is 22.2 Å². The minimum absolute atomic E-state index is 0.178. The van der Waals surface area contributed by atoms with Gasteiger partial charge in [-0.15, -0.1) is 0 Å². The summed E-state index contributed by atoms with van der Waals surface area (Å²) in [6, 6.07) is 43.6. The van der Waals surface area contributed by atoms with Crippen molar-refractivity contribution in [2.24, 2.45) is 4.99 Å². The van der Waals surface area contributed by atoms with Crippen LogP contribution in [-0.2, 0) is 0 Å². The molecule has 5 aromatic carbocycles. The smallest absolute Gasteiger partial charge is 0.145 e. The monoisotopic (exact) mass is 544 g/mol. The van der Waals surface area contributed by atoms with Crippen LogP contribution in [-0.4, -0.2) is 21.9 Å². The third kappa shape index (κ3) is 4.23. The molecule has 1 fully saturated rings. The van der Waals surface area contributed by atoms with Crippen LogP contribution in [0.25, 0.3) is 27.6 Å². The van der Waals surface area contributed by atoms with Crippen molar-refractivity contribution in [3.8, 4) is 11.1 Å². The number of aliphatic imine (C=N–C) groups is 1. The third-order valence-electron chi connectivity index (χ3n) is 8.71. The van der Waals surface area contributed by atoms with E-state index >= 15 is 0 Å². The fraction of sp³-hybridized carbons (Fsp3) is 0.132. The van der Waals surface area contributed by atoms with E-state index in [-0.39, 0.29) is 12.2 Å². The molecular weight excluding hydrogens is 512 g/mol. The quantitative estimate of drug-likeness (QED) is 0.225. The van der Waals surface area contributed by atoms with Crippen molar-refractivity contribution in [2.45, 2.75) is 32.2 Å². The molecule has 1 saturated heterocycles. The Labute approximate surface area is 246 Å². The van der Waals surface area contributed by atoms with Gasteiger partial charge in [0.15, 0.2) is 0 Å². The van der Waals surface area contributed by atoms with Gasteiger partial charge in [-0.2, -0.15) is 5.01 Å². The Morgan fingerprint density at radius 3 is 2.19 bits per heavy atom. The summed E-state index contributed by atoms with van der Waals surface area (Å²) in [6.45, 7) is 4.48. The van der Waals surface area contributed by atoms with Crippen molar-refractivity contribution < 1.29 is 0 Å². The lowest BCUT2D eigenvalue weighted by Crippen LogP contribution is -2.25. The average Bonchev–Trinajstić information content (AvgIpc) is 3.59. The second kappa shape index (κ2) is 9.86. The normalized spacial score (nSPS) is 22.6. The molecule has 5 aromatic rings. The highest BCUT2D eigenvalue weighted by molar-refractivity contribution is 6.14. The third-order valence-corrected chi connectivity index (χ3v) is 8.71. The lowest BCUT2D eigenvalue weighted by atomic mass is 9.91. The van der Waals surface area contributed by atoms with Crippen LogP contribution in [0.1, 0.15) is 48.3 Å². The Balaban J connectivity index is 1.32. The molecule has 0 saturated carbocycles. The number of nitrogens with zero attached hydrogens (tertiary/aromatic N) is 3. The molecule has 4 atom stereocenters. The van der Waals surface area contributed by atoms with Crippen LogP contribution in [0, 0.1) is 0 Å². The molecule has 42 heavy (non-hydrogen) atoms. The Hall–Kier alpha value is -4.93. The van der Waals surface area contributed by atoms with Gasteiger partial charge in [0, 0.05) is 17.0 Å². The summed E-state index contributed by atoms with van der Waals surface area (Å²) in [7, 11) is 0. The van der Waals surface area contributed by atoms with Crippen molar-refractivity contribution in [1.29, 1.82) is 0 Å². The molecule has 4 nitrogen and oxygen atoms in total. The van der Waals surface area contributed by atoms with E-state index in [2.05, 4.69) is 163 Å². The summed E-state index contributed by atoms with van der Waals surface area (Å²) in [5.74, 6) is 0. The molecule has 3 heterocycles. The van der Waals surface area contributed by atoms with Gasteiger partial charge in [0.05, 0.1) is 11.8 Å². The first-order valence-electron chi connectivity index (χ1n) is 14.7. The summed E-state index contributed by atoms with van der Waals surface area (Å²) in [5, 5.41) is 11.1. The molecule has 0 aromatic heterocycles. The number of hydrogen-bond acceptors (Lipinski definition) is 4. The highest BCUT2D eigenvalue weighted by Gasteiger charge is 2.50. The van der Waals surface area contributed by atoms with E-state index < -0.39 is 0 Å². The Morgan fingerprint density at radius 2 is 1.40 bits per heavy atom. The van der Waals surface area contributed by atoms with Crippen LogP contribution >= 0.6 is 0 Å². The molecule has 3 aliphatic rings. The summed E-state index contributed by atoms with van der Waals surface area (Å²) in [5.41, 5.74) is 10.5. The molecule has 0 amide bonds. The largest absolute Gasteiger partial charge is 0.360 e. The topological polar surface area (TPSA) is 30.4 Å². The fourth-order valence-electron chi connectivity index (χ4n) is 6.63. The molecule has 1 N–H and O–H groups in total. The maximum atomic E-state index is 5.31. The number of hydrogen-bond donors (Lipinski definition) is 1. The lowest BCUT2D eigenvalue weighted by Gasteiger charge is -2.25. The lowest BCUT2D eigenvalue weighted by molar-refractivity contribution is 0.350. The maximum Gasteiger partial charge on any atom is 0.145 e. The average molecular weight is 545 g/mol. The number of allylic oxidation sites excluding steroid dienone is 2. The Kier molecular flexibility index (Phi) is 5.83. The number of fused-ring (bicyclic) bond motifs is 2. The summed E-state index contributed by atoms with van der Waals surface area (Å²) >= 11 is 0. The van der Waals surface area contributed by atoms with Gasteiger partial charge in [-0.05, 0) is 82.8 Å². The standard InChI is InChI=1S/C38H32N4/c1-25-20-37(42-26(2)41(25)42)32-22-30(34-19-11-17-27-12-9-10-18-33(27)34)21-31(23-32)36-24-35(28-13-5-3-6-14-28)39-38(40-36)29-15-7-4-8-16-29/h3-24,26,37-39H,1-2H3. The van der Waals surface area contributed by atoms with E-state index in [1.165, 1.54) is 33.2 Å². The molecule has 4 unspecified atom stereocenters. The molecule has 0 bridgehead atoms. The predicted molar refractivity (Wildman–Crippen MR) is 172 cm³/mol. The Bertz CT molecular complexity index is 1900. The van der Waals surface area contributed by atoms with Gasteiger partial charge < -0.3 is 5.32 Å². The van der Waals surface area contributed by atoms with Gasteiger partial charge in [0.25, 0.3) is 0 Å². The Morgan fingerprint density at radius 1 is 0.690 bits per heavy atom. The van der Waals surface area contributed by atoms with Gasteiger partial charge in [0.2, 0.25) is 0 Å². The van der Waals surface area contributed by atoms with Gasteiger partial charge in [-0.3, -0.25) is 10.0 Å². The van der Waals surface area contributed by atoms with Gasteiger partial charge in [-0.1, -0.05) is 103 Å². The van der Waals surface area contributed by atoms with E-state index in [9.17, 15) is 0 Å². The minimum Gasteiger partial charge on any atom is -0.360 e. The molecular formula is C38H32N4. The molecule has 4 heteroatoms. The molecule has 3 aliphatic heterocycles. The van der Waals surface area contributed by atoms with Gasteiger partial charge in [-0.25, -0.2) is 0 Å². The second-order valence-corrected chi connectivity index (χ2v) is 11.4. The summed E-state index contributed by atoms with van der Waals surface area (Å²) < 4.78 is 0. The highest BCUT2D eigenvalue weighted by Crippen LogP contribution is 2.48. The zero-order valence-electron chi connectivity index (χ0n) is 23.8. The van der Waals surface area contributed by atoms with Gasteiger partial charge in [0.1, 0.15) is 12.3 Å². The van der Waals surface area contributed by atoms with Crippen molar-refractivity contribution in [1.82, 2.24) is 15.3 Å². The van der Waals surface area contributed by atoms with E-state index in [1.807, 2.05) is 0 Å². The van der Waals surface area contributed by atoms with Crippen LogP contribution < -0.4 is 5.32 Å². The minimum atomic E-state index is -0.178. The zero-order valence-corrected chi connectivity index (χ0v) is 23.8. The van der Waals surface area contributed by atoms with Gasteiger partial charge >= 0.3 is 0 Å². The molecule has 0 aliphatic carbocycles. The number of hydrazine groups is 1. The predicted octanol–water partition coefficient (Wildman–Crippen LogP) is 8.48. The van der Waals surface area contributed by atoms with Crippen molar-refractivity contribution in [3.05, 3.63) is 161 Å². The van der Waals surface area contributed by atoms with Crippen LogP contribution in [0.3, 0.4) is 0 Å². The van der Waals surface area contributed by atoms with Crippen molar-refractivity contribution in [2.75, 3.05) is 0 Å². The first-order valence-corrected chi connectivity index (χ1v) is 14.7. The van der Waals surface area contributed by atoms with Crippen LogP contribution in [0.2, 0.25) is 0 Å². The maximum absolute atomic E-state index is 5.31. The van der Waals surface area contributed by atoms with E-state index in [1.54, 1.807) is 0 Å². The van der Waals surface area contributed by atoms with Crippen molar-refractivity contribution in [3.63, 3.8) is 0 Å². The summed E-state index contributed by atoms with van der Waals surface area (Å²) in [4.78, 5) is 5.31. The van der Waals surface area contributed by atoms with Crippen LogP contribution in [0.15, 0.2) is 144 Å². The number of benzene rings is 5. The van der Waals surface area contributed by atoms with E-state index in [0.29, 0.717) is 6.17 Å². The molecule has 8 rings (SSSR count). The SMILES string of the molecule is CC1=CC(c2cc(C3=NC(c4ccccc4)NC(c4ccccc4)=C3)cc(-c3cccc4ccccc34)c2)N2C(C)N12. The van der Waals surface area contributed by atoms with E-state index in [0.717, 1.165) is 28.1 Å². The fourth-order valence-corrected chi connectivity index (χ4v) is 6.63. The first-order chi connectivity index (χ1) is 20.6. The van der Waals surface area contributed by atoms with E-state index in [4.69, 9.17) is 4.99 Å². The highest BCUT2D eigenvalue weighted by atomic mass is 15.9. The number of rotatable bonds is 5. The van der Waals surface area contributed by atoms with Crippen LogP contribution in [0.5, 0.6) is 0 Å². The molecule has 0 radical (unpaired) electrons. The second-order valence-electron chi connectivity index (χ2n) is 11.4.